The smallest absolute Gasteiger partial charge is 0.207 e. The number of nitrogens with one attached hydrogen (secondary N) is 1. The molecule has 0 saturated heterocycles. The van der Waals surface area contributed by atoms with E-state index in [0.717, 1.165) is 19.3 Å². The molecule has 96 valence electrons. The highest BCUT2D eigenvalue weighted by atomic mass is 32.2. The lowest BCUT2D eigenvalue weighted by molar-refractivity contribution is 0.338. The van der Waals surface area contributed by atoms with Crippen LogP contribution in [-0.2, 0) is 10.0 Å². The molecule has 1 aliphatic rings. The standard InChI is InChI=1S/C13H16N2O2S/c14-11-13(9-5-2-6-10-13)15-18(16,17)12-7-3-1-4-8-12/h1,3-4,7-8,15H,2,5-6,9-10H2. The highest BCUT2D eigenvalue weighted by Gasteiger charge is 2.36. The van der Waals surface area contributed by atoms with Gasteiger partial charge in [0, 0.05) is 0 Å². The molecule has 1 fully saturated rings. The molecular weight excluding hydrogens is 248 g/mol. The normalized spacial score (nSPS) is 19.1. The predicted molar refractivity (Wildman–Crippen MR) is 68.2 cm³/mol. The molecule has 1 aromatic carbocycles. The number of sulfonamides is 1. The maximum atomic E-state index is 12.2. The van der Waals surface area contributed by atoms with Crippen LogP contribution in [0, 0.1) is 11.3 Å². The van der Waals surface area contributed by atoms with Crippen LogP contribution in [0.25, 0.3) is 0 Å². The first kappa shape index (κ1) is 13.1. The van der Waals surface area contributed by atoms with Crippen molar-refractivity contribution in [2.75, 3.05) is 0 Å². The van der Waals surface area contributed by atoms with Gasteiger partial charge in [-0.25, -0.2) is 8.42 Å². The molecule has 1 aromatic rings. The third-order valence-corrected chi connectivity index (χ3v) is 4.86. The molecule has 2 rings (SSSR count). The van der Waals surface area contributed by atoms with Gasteiger partial charge in [0.25, 0.3) is 0 Å². The average Bonchev–Trinajstić information content (AvgIpc) is 2.40. The molecule has 0 heterocycles. The summed E-state index contributed by atoms with van der Waals surface area (Å²) < 4.78 is 27.0. The van der Waals surface area contributed by atoms with Crippen molar-refractivity contribution in [2.24, 2.45) is 0 Å². The molecule has 0 radical (unpaired) electrons. The average molecular weight is 264 g/mol. The van der Waals surface area contributed by atoms with E-state index in [1.54, 1.807) is 18.2 Å². The van der Waals surface area contributed by atoms with Crippen LogP contribution in [0.15, 0.2) is 35.2 Å². The first-order valence-electron chi connectivity index (χ1n) is 6.08. The Morgan fingerprint density at radius 3 is 2.28 bits per heavy atom. The second-order valence-electron chi connectivity index (χ2n) is 4.67. The molecule has 4 nitrogen and oxygen atoms in total. The van der Waals surface area contributed by atoms with Gasteiger partial charge < -0.3 is 0 Å². The Bertz CT molecular complexity index is 540. The molecule has 0 amide bonds. The zero-order valence-corrected chi connectivity index (χ0v) is 10.9. The Labute approximate surface area is 108 Å². The lowest BCUT2D eigenvalue weighted by Crippen LogP contribution is -2.48. The van der Waals surface area contributed by atoms with Crippen molar-refractivity contribution in [3.05, 3.63) is 30.3 Å². The van der Waals surface area contributed by atoms with Gasteiger partial charge in [-0.2, -0.15) is 9.98 Å². The second-order valence-corrected chi connectivity index (χ2v) is 6.36. The minimum Gasteiger partial charge on any atom is -0.207 e. The van der Waals surface area contributed by atoms with E-state index >= 15 is 0 Å². The van der Waals surface area contributed by atoms with Crippen LogP contribution in [0.1, 0.15) is 32.1 Å². The first-order chi connectivity index (χ1) is 8.58. The number of benzene rings is 1. The van der Waals surface area contributed by atoms with E-state index in [1.807, 2.05) is 0 Å². The van der Waals surface area contributed by atoms with Crippen LogP contribution in [-0.4, -0.2) is 14.0 Å². The van der Waals surface area contributed by atoms with Gasteiger partial charge in [0.2, 0.25) is 10.0 Å². The highest BCUT2D eigenvalue weighted by molar-refractivity contribution is 7.89. The number of nitriles is 1. The van der Waals surface area contributed by atoms with Gasteiger partial charge in [-0.3, -0.25) is 0 Å². The number of rotatable bonds is 3. The SMILES string of the molecule is N#CC1(NS(=O)(=O)c2ccccc2)CCCCC1. The Balaban J connectivity index is 2.25. The fraction of sp³-hybridized carbons (Fsp3) is 0.462. The van der Waals surface area contributed by atoms with Crippen LogP contribution in [0.5, 0.6) is 0 Å². The topological polar surface area (TPSA) is 70.0 Å². The van der Waals surface area contributed by atoms with Gasteiger partial charge >= 0.3 is 0 Å². The molecule has 18 heavy (non-hydrogen) atoms. The maximum absolute atomic E-state index is 12.2. The maximum Gasteiger partial charge on any atom is 0.241 e. The Kier molecular flexibility index (Phi) is 3.69. The van der Waals surface area contributed by atoms with E-state index in [9.17, 15) is 13.7 Å². The third-order valence-electron chi connectivity index (χ3n) is 3.30. The molecule has 0 spiro atoms. The summed E-state index contributed by atoms with van der Waals surface area (Å²) in [5.41, 5.74) is -0.924. The van der Waals surface area contributed by atoms with Crippen molar-refractivity contribution >= 4 is 10.0 Å². The molecule has 0 atom stereocenters. The number of nitrogens with zero attached hydrogens (tertiary/aromatic N) is 1. The van der Waals surface area contributed by atoms with E-state index in [2.05, 4.69) is 10.8 Å². The van der Waals surface area contributed by atoms with Gasteiger partial charge in [0.05, 0.1) is 11.0 Å². The van der Waals surface area contributed by atoms with Gasteiger partial charge in [0.1, 0.15) is 5.54 Å². The fourth-order valence-corrected chi connectivity index (χ4v) is 3.71. The summed E-state index contributed by atoms with van der Waals surface area (Å²) in [7, 11) is -3.60. The summed E-state index contributed by atoms with van der Waals surface area (Å²) >= 11 is 0. The molecule has 1 N–H and O–H groups in total. The monoisotopic (exact) mass is 264 g/mol. The Morgan fingerprint density at radius 1 is 1.11 bits per heavy atom. The second kappa shape index (κ2) is 5.09. The van der Waals surface area contributed by atoms with E-state index in [1.165, 1.54) is 12.1 Å². The van der Waals surface area contributed by atoms with Crippen molar-refractivity contribution in [1.29, 1.82) is 5.26 Å². The first-order valence-corrected chi connectivity index (χ1v) is 7.57. The molecular formula is C13H16N2O2S. The van der Waals surface area contributed by atoms with Crippen LogP contribution in [0.2, 0.25) is 0 Å². The van der Waals surface area contributed by atoms with Crippen LogP contribution in [0.3, 0.4) is 0 Å². The molecule has 0 unspecified atom stereocenters. The Morgan fingerprint density at radius 2 is 1.72 bits per heavy atom. The number of hydrogen-bond donors (Lipinski definition) is 1. The Hall–Kier alpha value is -1.38. The van der Waals surface area contributed by atoms with Crippen molar-refractivity contribution in [2.45, 2.75) is 42.5 Å². The predicted octanol–water partition coefficient (Wildman–Crippen LogP) is 2.19. The van der Waals surface area contributed by atoms with E-state index in [0.29, 0.717) is 12.8 Å². The molecule has 5 heteroatoms. The van der Waals surface area contributed by atoms with Crippen molar-refractivity contribution in [1.82, 2.24) is 4.72 Å². The fourth-order valence-electron chi connectivity index (χ4n) is 2.31. The van der Waals surface area contributed by atoms with Crippen molar-refractivity contribution < 1.29 is 8.42 Å². The molecule has 0 bridgehead atoms. The van der Waals surface area contributed by atoms with Crippen LogP contribution < -0.4 is 4.72 Å². The summed E-state index contributed by atoms with van der Waals surface area (Å²) in [5, 5.41) is 9.27. The quantitative estimate of drug-likeness (QED) is 0.909. The number of hydrogen-bond acceptors (Lipinski definition) is 3. The van der Waals surface area contributed by atoms with Crippen molar-refractivity contribution in [3.8, 4) is 6.07 Å². The lowest BCUT2D eigenvalue weighted by Gasteiger charge is -2.31. The van der Waals surface area contributed by atoms with E-state index < -0.39 is 15.6 Å². The van der Waals surface area contributed by atoms with E-state index in [4.69, 9.17) is 0 Å². The van der Waals surface area contributed by atoms with Gasteiger partial charge in [-0.15, -0.1) is 0 Å². The zero-order chi connectivity index (χ0) is 13.1. The summed E-state index contributed by atoms with van der Waals surface area (Å²) in [6.45, 7) is 0. The largest absolute Gasteiger partial charge is 0.241 e. The van der Waals surface area contributed by atoms with Crippen LogP contribution in [0.4, 0.5) is 0 Å². The summed E-state index contributed by atoms with van der Waals surface area (Å²) in [6, 6.07) is 10.3. The molecule has 0 aromatic heterocycles. The van der Waals surface area contributed by atoms with Gasteiger partial charge in [-0.05, 0) is 25.0 Å². The minimum atomic E-state index is -3.60. The summed E-state index contributed by atoms with van der Waals surface area (Å²) in [5.74, 6) is 0. The molecule has 1 aliphatic carbocycles. The third kappa shape index (κ3) is 2.71. The van der Waals surface area contributed by atoms with Crippen molar-refractivity contribution in [3.63, 3.8) is 0 Å². The molecule has 0 aliphatic heterocycles. The zero-order valence-electron chi connectivity index (χ0n) is 10.1. The summed E-state index contributed by atoms with van der Waals surface area (Å²) in [4.78, 5) is 0.213. The van der Waals surface area contributed by atoms with Gasteiger partial charge in [-0.1, -0.05) is 37.5 Å². The van der Waals surface area contributed by atoms with E-state index in [-0.39, 0.29) is 4.90 Å². The highest BCUT2D eigenvalue weighted by Crippen LogP contribution is 2.29. The lowest BCUT2D eigenvalue weighted by atomic mass is 9.84. The van der Waals surface area contributed by atoms with Crippen LogP contribution >= 0.6 is 0 Å². The minimum absolute atomic E-state index is 0.213. The van der Waals surface area contributed by atoms with Gasteiger partial charge in [0.15, 0.2) is 0 Å². The molecule has 1 saturated carbocycles. The summed E-state index contributed by atoms with van der Waals surface area (Å²) in [6.07, 6.45) is 4.04.